The summed E-state index contributed by atoms with van der Waals surface area (Å²) in [6, 6.07) is 0. The summed E-state index contributed by atoms with van der Waals surface area (Å²) >= 11 is 0. The first-order valence-corrected chi connectivity index (χ1v) is 4.98. The van der Waals surface area contributed by atoms with E-state index in [1.54, 1.807) is 10.9 Å². The summed E-state index contributed by atoms with van der Waals surface area (Å²) in [4.78, 5) is 11.2. The number of carbonyl (C=O) groups is 1. The lowest BCUT2D eigenvalue weighted by Gasteiger charge is -2.03. The van der Waals surface area contributed by atoms with Crippen LogP contribution in [0.5, 0.6) is 0 Å². The van der Waals surface area contributed by atoms with Crippen molar-refractivity contribution in [3.8, 4) is 0 Å². The molecule has 1 N–H and O–H groups in total. The fraction of sp³-hybridized carbons (Fsp3) is 0.600. The fourth-order valence-electron chi connectivity index (χ4n) is 1.16. The third kappa shape index (κ3) is 3.60. The first kappa shape index (κ1) is 10.8. The van der Waals surface area contributed by atoms with Gasteiger partial charge in [0.15, 0.2) is 0 Å². The summed E-state index contributed by atoms with van der Waals surface area (Å²) in [7, 11) is 0. The monoisotopic (exact) mass is 195 g/mol. The summed E-state index contributed by atoms with van der Waals surface area (Å²) in [5.41, 5.74) is 1.12. The lowest BCUT2D eigenvalue weighted by atomic mass is 10.3. The predicted octanol–water partition coefficient (Wildman–Crippen LogP) is 1.11. The van der Waals surface area contributed by atoms with Gasteiger partial charge in [0.25, 0.3) is 0 Å². The molecule has 0 saturated carbocycles. The predicted molar refractivity (Wildman–Crippen MR) is 54.9 cm³/mol. The molecule has 0 aliphatic carbocycles. The SMILES string of the molecule is CCCNC(=O)CCn1cc(C)cn1. The Bertz CT molecular complexity index is 293. The maximum Gasteiger partial charge on any atom is 0.221 e. The van der Waals surface area contributed by atoms with E-state index in [1.807, 2.05) is 20.0 Å². The number of nitrogens with one attached hydrogen (secondary N) is 1. The minimum absolute atomic E-state index is 0.0972. The number of nitrogens with zero attached hydrogens (tertiary/aromatic N) is 2. The van der Waals surface area contributed by atoms with Crippen molar-refractivity contribution < 1.29 is 4.79 Å². The second kappa shape index (κ2) is 5.42. The van der Waals surface area contributed by atoms with Crippen LogP contribution in [0.25, 0.3) is 0 Å². The Balaban J connectivity index is 2.23. The Morgan fingerprint density at radius 1 is 1.64 bits per heavy atom. The summed E-state index contributed by atoms with van der Waals surface area (Å²) in [6.07, 6.45) is 5.21. The molecule has 0 aliphatic heterocycles. The highest BCUT2D eigenvalue weighted by molar-refractivity contribution is 5.75. The number of carbonyl (C=O) groups excluding carboxylic acids is 1. The number of aromatic nitrogens is 2. The van der Waals surface area contributed by atoms with Crippen molar-refractivity contribution >= 4 is 5.91 Å². The first-order valence-electron chi connectivity index (χ1n) is 4.98. The molecule has 1 aromatic rings. The quantitative estimate of drug-likeness (QED) is 0.765. The van der Waals surface area contributed by atoms with Crippen LogP contribution in [-0.2, 0) is 11.3 Å². The van der Waals surface area contributed by atoms with Crippen molar-refractivity contribution in [2.75, 3.05) is 6.54 Å². The minimum Gasteiger partial charge on any atom is -0.356 e. The van der Waals surface area contributed by atoms with Crippen LogP contribution in [0.4, 0.5) is 0 Å². The van der Waals surface area contributed by atoms with Crippen LogP contribution < -0.4 is 5.32 Å². The lowest BCUT2D eigenvalue weighted by Crippen LogP contribution is -2.25. The Hall–Kier alpha value is -1.32. The standard InChI is InChI=1S/C10H17N3O/c1-3-5-11-10(14)4-6-13-8-9(2)7-12-13/h7-8H,3-6H2,1-2H3,(H,11,14). The van der Waals surface area contributed by atoms with E-state index in [0.29, 0.717) is 13.0 Å². The van der Waals surface area contributed by atoms with Crippen molar-refractivity contribution in [3.63, 3.8) is 0 Å². The van der Waals surface area contributed by atoms with Gasteiger partial charge in [-0.1, -0.05) is 6.92 Å². The van der Waals surface area contributed by atoms with Crippen LogP contribution >= 0.6 is 0 Å². The fourth-order valence-corrected chi connectivity index (χ4v) is 1.16. The Labute approximate surface area is 84.3 Å². The number of hydrogen-bond donors (Lipinski definition) is 1. The van der Waals surface area contributed by atoms with Gasteiger partial charge in [-0.25, -0.2) is 0 Å². The molecular formula is C10H17N3O. The summed E-state index contributed by atoms with van der Waals surface area (Å²) in [6.45, 7) is 5.44. The average molecular weight is 195 g/mol. The van der Waals surface area contributed by atoms with Crippen molar-refractivity contribution in [3.05, 3.63) is 18.0 Å². The number of amides is 1. The third-order valence-electron chi connectivity index (χ3n) is 1.90. The normalized spacial score (nSPS) is 10.1. The van der Waals surface area contributed by atoms with Gasteiger partial charge in [0, 0.05) is 25.7 Å². The van der Waals surface area contributed by atoms with Crippen molar-refractivity contribution in [2.24, 2.45) is 0 Å². The summed E-state index contributed by atoms with van der Waals surface area (Å²) < 4.78 is 1.79. The highest BCUT2D eigenvalue weighted by Gasteiger charge is 2.00. The Morgan fingerprint density at radius 2 is 2.43 bits per heavy atom. The van der Waals surface area contributed by atoms with Crippen molar-refractivity contribution in [1.29, 1.82) is 0 Å². The maximum absolute atomic E-state index is 11.2. The molecule has 0 fully saturated rings. The molecule has 14 heavy (non-hydrogen) atoms. The zero-order valence-corrected chi connectivity index (χ0v) is 8.79. The smallest absolute Gasteiger partial charge is 0.221 e. The van der Waals surface area contributed by atoms with Crippen molar-refractivity contribution in [2.45, 2.75) is 33.2 Å². The van der Waals surface area contributed by atoms with Gasteiger partial charge in [-0.05, 0) is 18.9 Å². The van der Waals surface area contributed by atoms with Gasteiger partial charge >= 0.3 is 0 Å². The highest BCUT2D eigenvalue weighted by Crippen LogP contribution is 1.95. The van der Waals surface area contributed by atoms with Crippen LogP contribution in [0, 0.1) is 6.92 Å². The topological polar surface area (TPSA) is 46.9 Å². The van der Waals surface area contributed by atoms with Gasteiger partial charge < -0.3 is 5.32 Å². The molecule has 4 nitrogen and oxygen atoms in total. The van der Waals surface area contributed by atoms with E-state index in [9.17, 15) is 4.79 Å². The van der Waals surface area contributed by atoms with Crippen LogP contribution in [0.2, 0.25) is 0 Å². The molecule has 0 saturated heterocycles. The number of hydrogen-bond acceptors (Lipinski definition) is 2. The summed E-state index contributed by atoms with van der Waals surface area (Å²) in [5, 5.41) is 6.93. The molecule has 78 valence electrons. The number of aryl methyl sites for hydroxylation is 2. The zero-order chi connectivity index (χ0) is 10.4. The molecule has 0 bridgehead atoms. The van der Waals surface area contributed by atoms with Gasteiger partial charge in [0.1, 0.15) is 0 Å². The largest absolute Gasteiger partial charge is 0.356 e. The van der Waals surface area contributed by atoms with E-state index in [4.69, 9.17) is 0 Å². The average Bonchev–Trinajstić information content (AvgIpc) is 2.58. The van der Waals surface area contributed by atoms with E-state index in [2.05, 4.69) is 10.4 Å². The van der Waals surface area contributed by atoms with E-state index < -0.39 is 0 Å². The molecular weight excluding hydrogens is 178 g/mol. The second-order valence-corrected chi connectivity index (χ2v) is 3.38. The third-order valence-corrected chi connectivity index (χ3v) is 1.90. The number of rotatable bonds is 5. The second-order valence-electron chi connectivity index (χ2n) is 3.38. The van der Waals surface area contributed by atoms with Gasteiger partial charge in [0.2, 0.25) is 5.91 Å². The van der Waals surface area contributed by atoms with Crippen LogP contribution in [-0.4, -0.2) is 22.2 Å². The molecule has 0 atom stereocenters. The first-order chi connectivity index (χ1) is 6.72. The Morgan fingerprint density at radius 3 is 3.00 bits per heavy atom. The van der Waals surface area contributed by atoms with Crippen molar-refractivity contribution in [1.82, 2.24) is 15.1 Å². The maximum atomic E-state index is 11.2. The molecule has 0 aromatic carbocycles. The van der Waals surface area contributed by atoms with Crippen LogP contribution in [0.1, 0.15) is 25.3 Å². The van der Waals surface area contributed by atoms with E-state index in [-0.39, 0.29) is 5.91 Å². The molecule has 4 heteroatoms. The molecule has 0 unspecified atom stereocenters. The molecule has 0 radical (unpaired) electrons. The lowest BCUT2D eigenvalue weighted by molar-refractivity contribution is -0.121. The zero-order valence-electron chi connectivity index (χ0n) is 8.79. The minimum atomic E-state index is 0.0972. The van der Waals surface area contributed by atoms with E-state index >= 15 is 0 Å². The van der Waals surface area contributed by atoms with Gasteiger partial charge in [0.05, 0.1) is 6.20 Å². The van der Waals surface area contributed by atoms with Crippen LogP contribution in [0.15, 0.2) is 12.4 Å². The van der Waals surface area contributed by atoms with Gasteiger partial charge in [-0.15, -0.1) is 0 Å². The molecule has 1 heterocycles. The molecule has 0 spiro atoms. The molecule has 0 aliphatic rings. The molecule has 1 amide bonds. The van der Waals surface area contributed by atoms with Crippen LogP contribution in [0.3, 0.4) is 0 Å². The molecule has 1 rings (SSSR count). The van der Waals surface area contributed by atoms with Gasteiger partial charge in [-0.3, -0.25) is 9.48 Å². The summed E-state index contributed by atoms with van der Waals surface area (Å²) in [5.74, 6) is 0.0972. The van der Waals surface area contributed by atoms with E-state index in [0.717, 1.165) is 18.5 Å². The highest BCUT2D eigenvalue weighted by atomic mass is 16.1. The van der Waals surface area contributed by atoms with Gasteiger partial charge in [-0.2, -0.15) is 5.10 Å². The Kier molecular flexibility index (Phi) is 4.16. The molecule has 1 aromatic heterocycles. The van der Waals surface area contributed by atoms with E-state index in [1.165, 1.54) is 0 Å².